The van der Waals surface area contributed by atoms with Gasteiger partial charge >= 0.3 is 0 Å². The van der Waals surface area contributed by atoms with Gasteiger partial charge in [0.25, 0.3) is 0 Å². The standard InChI is InChI=1S/C23H26N2.C2H5NS/c1-17(20-13-6-9-18-8-2-3-11-21(18)20)25-23-14-5-4-12-22(23)19-10-7-15-24-16-19;1-3-2-4/h2-3,6-11,13,15-17,22-23,25H,4-5,12,14H2,1H3;2H,1H3,(H,3,4)/t17-,22+,23-;/m1./s1. The van der Waals surface area contributed by atoms with Crippen LogP contribution in [0.2, 0.25) is 0 Å². The van der Waals surface area contributed by atoms with Crippen LogP contribution in [0.25, 0.3) is 10.8 Å². The van der Waals surface area contributed by atoms with E-state index < -0.39 is 0 Å². The monoisotopic (exact) mass is 405 g/mol. The first-order valence-corrected chi connectivity index (χ1v) is 11.0. The summed E-state index contributed by atoms with van der Waals surface area (Å²) in [6.07, 6.45) is 9.05. The molecule has 0 saturated heterocycles. The largest absolute Gasteiger partial charge is 0.385 e. The minimum absolute atomic E-state index is 0.341. The predicted octanol–water partition coefficient (Wildman–Crippen LogP) is 5.77. The Morgan fingerprint density at radius 3 is 2.55 bits per heavy atom. The summed E-state index contributed by atoms with van der Waals surface area (Å²) in [5.74, 6) is 0.569. The lowest BCUT2D eigenvalue weighted by atomic mass is 9.80. The number of nitrogens with zero attached hydrogens (tertiary/aromatic N) is 1. The number of hydrogen-bond donors (Lipinski definition) is 2. The number of pyridine rings is 1. The molecule has 4 rings (SSSR count). The molecule has 1 heterocycles. The van der Waals surface area contributed by atoms with Crippen molar-refractivity contribution in [3.63, 3.8) is 0 Å². The summed E-state index contributed by atoms with van der Waals surface area (Å²) in [6, 6.07) is 20.5. The van der Waals surface area contributed by atoms with Crippen LogP contribution in [0.4, 0.5) is 0 Å². The molecule has 0 radical (unpaired) electrons. The molecule has 0 unspecified atom stereocenters. The summed E-state index contributed by atoms with van der Waals surface area (Å²) in [6.45, 7) is 2.30. The lowest BCUT2D eigenvalue weighted by Gasteiger charge is -2.35. The Labute approximate surface area is 179 Å². The van der Waals surface area contributed by atoms with Crippen LogP contribution in [0, 0.1) is 0 Å². The van der Waals surface area contributed by atoms with Crippen molar-refractivity contribution in [1.82, 2.24) is 15.6 Å². The van der Waals surface area contributed by atoms with Gasteiger partial charge in [0.05, 0.1) is 5.49 Å². The fraction of sp³-hybridized carbons (Fsp3) is 0.360. The topological polar surface area (TPSA) is 37.0 Å². The molecular formula is C25H31N3S. The molecule has 2 N–H and O–H groups in total. The Kier molecular flexibility index (Phi) is 8.14. The Bertz CT molecular complexity index is 891. The minimum Gasteiger partial charge on any atom is -0.385 e. The molecule has 3 nitrogen and oxygen atoms in total. The van der Waals surface area contributed by atoms with Crippen LogP contribution in [-0.4, -0.2) is 23.6 Å². The van der Waals surface area contributed by atoms with Crippen molar-refractivity contribution in [3.8, 4) is 0 Å². The normalized spacial score (nSPS) is 19.7. The first kappa shape index (κ1) is 21.4. The second-order valence-corrected chi connectivity index (χ2v) is 7.88. The van der Waals surface area contributed by atoms with Crippen LogP contribution in [0.1, 0.15) is 55.7 Å². The van der Waals surface area contributed by atoms with Crippen molar-refractivity contribution in [2.75, 3.05) is 7.05 Å². The van der Waals surface area contributed by atoms with Gasteiger partial charge in [-0.25, -0.2) is 0 Å². The van der Waals surface area contributed by atoms with Crippen LogP contribution in [0.5, 0.6) is 0 Å². The third-order valence-corrected chi connectivity index (χ3v) is 5.99. The van der Waals surface area contributed by atoms with E-state index >= 15 is 0 Å². The number of rotatable bonds is 5. The molecule has 0 aliphatic heterocycles. The number of aromatic nitrogens is 1. The van der Waals surface area contributed by atoms with Crippen LogP contribution in [0.3, 0.4) is 0 Å². The summed E-state index contributed by atoms with van der Waals surface area (Å²) in [4.78, 5) is 4.34. The van der Waals surface area contributed by atoms with Crippen LogP contribution in [-0.2, 0) is 0 Å². The molecule has 0 bridgehead atoms. The molecule has 2 aromatic carbocycles. The zero-order chi connectivity index (χ0) is 20.5. The Morgan fingerprint density at radius 1 is 1.03 bits per heavy atom. The lowest BCUT2D eigenvalue weighted by molar-refractivity contribution is 0.306. The van der Waals surface area contributed by atoms with E-state index in [4.69, 9.17) is 0 Å². The maximum atomic E-state index is 4.34. The van der Waals surface area contributed by atoms with Gasteiger partial charge in [0.15, 0.2) is 0 Å². The maximum Gasteiger partial charge on any atom is 0.0612 e. The summed E-state index contributed by atoms with van der Waals surface area (Å²) in [5, 5.41) is 9.25. The Balaban J connectivity index is 0.000000552. The van der Waals surface area contributed by atoms with E-state index in [0.29, 0.717) is 18.0 Å². The molecule has 1 fully saturated rings. The fourth-order valence-corrected chi connectivity index (χ4v) is 4.36. The smallest absolute Gasteiger partial charge is 0.0612 e. The van der Waals surface area contributed by atoms with E-state index in [2.05, 4.69) is 89.4 Å². The van der Waals surface area contributed by atoms with Gasteiger partial charge in [0.2, 0.25) is 0 Å². The van der Waals surface area contributed by atoms with Gasteiger partial charge in [0, 0.05) is 37.4 Å². The SMILES string of the molecule is CNC=S.C[C@@H](N[C@@H]1CCCC[C@H]1c1cccnc1)c1cccc2ccccc12. The third-order valence-electron chi connectivity index (χ3n) is 5.75. The number of thiocarbonyl (C=S) groups is 1. The molecule has 0 amide bonds. The summed E-state index contributed by atoms with van der Waals surface area (Å²) < 4.78 is 0. The van der Waals surface area contributed by atoms with Gasteiger partial charge in [-0.1, -0.05) is 73.6 Å². The highest BCUT2D eigenvalue weighted by molar-refractivity contribution is 7.78. The van der Waals surface area contributed by atoms with E-state index in [0.717, 1.165) is 0 Å². The van der Waals surface area contributed by atoms with Gasteiger partial charge in [-0.2, -0.15) is 0 Å². The quantitative estimate of drug-likeness (QED) is 0.528. The fourth-order valence-electron chi connectivity index (χ4n) is 4.36. The molecule has 4 heteroatoms. The van der Waals surface area contributed by atoms with Crippen molar-refractivity contribution in [2.24, 2.45) is 0 Å². The maximum absolute atomic E-state index is 4.34. The summed E-state index contributed by atoms with van der Waals surface area (Å²) >= 11 is 4.32. The second kappa shape index (κ2) is 11.0. The molecule has 1 saturated carbocycles. The van der Waals surface area contributed by atoms with E-state index in [1.807, 2.05) is 12.4 Å². The molecule has 1 aliphatic carbocycles. The second-order valence-electron chi connectivity index (χ2n) is 7.65. The van der Waals surface area contributed by atoms with Crippen molar-refractivity contribution >= 4 is 28.5 Å². The molecule has 0 spiro atoms. The molecule has 3 aromatic rings. The van der Waals surface area contributed by atoms with Gasteiger partial charge in [-0.3, -0.25) is 4.98 Å². The van der Waals surface area contributed by atoms with E-state index in [1.165, 1.54) is 53.1 Å². The lowest BCUT2D eigenvalue weighted by Crippen LogP contribution is -2.38. The van der Waals surface area contributed by atoms with Crippen LogP contribution < -0.4 is 10.6 Å². The number of hydrogen-bond acceptors (Lipinski definition) is 3. The highest BCUT2D eigenvalue weighted by atomic mass is 32.1. The number of benzene rings is 2. The van der Waals surface area contributed by atoms with Gasteiger partial charge in [0.1, 0.15) is 0 Å². The number of fused-ring (bicyclic) bond motifs is 1. The van der Waals surface area contributed by atoms with Crippen LogP contribution in [0.15, 0.2) is 67.0 Å². The van der Waals surface area contributed by atoms with Gasteiger partial charge < -0.3 is 10.6 Å². The highest BCUT2D eigenvalue weighted by Crippen LogP contribution is 2.34. The molecular weight excluding hydrogens is 374 g/mol. The third kappa shape index (κ3) is 5.62. The minimum atomic E-state index is 0.341. The predicted molar refractivity (Wildman–Crippen MR) is 127 cm³/mol. The summed E-state index contributed by atoms with van der Waals surface area (Å²) in [5.41, 5.74) is 4.23. The zero-order valence-electron chi connectivity index (χ0n) is 17.3. The van der Waals surface area contributed by atoms with Crippen molar-refractivity contribution in [1.29, 1.82) is 0 Å². The summed E-state index contributed by atoms with van der Waals surface area (Å²) in [7, 11) is 1.77. The van der Waals surface area contributed by atoms with E-state index in [-0.39, 0.29) is 0 Å². The zero-order valence-corrected chi connectivity index (χ0v) is 18.2. The first-order chi connectivity index (χ1) is 14.2. The van der Waals surface area contributed by atoms with E-state index in [9.17, 15) is 0 Å². The van der Waals surface area contributed by atoms with Crippen molar-refractivity contribution in [3.05, 3.63) is 78.1 Å². The first-order valence-electron chi connectivity index (χ1n) is 10.5. The highest BCUT2D eigenvalue weighted by Gasteiger charge is 2.28. The molecule has 1 aromatic heterocycles. The average molecular weight is 406 g/mol. The Morgan fingerprint density at radius 2 is 1.79 bits per heavy atom. The molecule has 3 atom stereocenters. The molecule has 29 heavy (non-hydrogen) atoms. The van der Waals surface area contributed by atoms with Crippen molar-refractivity contribution < 1.29 is 0 Å². The molecule has 1 aliphatic rings. The van der Waals surface area contributed by atoms with E-state index in [1.54, 1.807) is 7.05 Å². The van der Waals surface area contributed by atoms with Crippen LogP contribution >= 0.6 is 12.2 Å². The average Bonchev–Trinajstić information content (AvgIpc) is 2.79. The van der Waals surface area contributed by atoms with Gasteiger partial charge in [-0.05, 0) is 47.7 Å². The van der Waals surface area contributed by atoms with Gasteiger partial charge in [-0.15, -0.1) is 0 Å². The Hall–Kier alpha value is -2.30. The van der Waals surface area contributed by atoms with Crippen molar-refractivity contribution in [2.45, 2.75) is 50.6 Å². The number of nitrogens with one attached hydrogen (secondary N) is 2. The molecule has 152 valence electrons.